The van der Waals surface area contributed by atoms with Crippen LogP contribution in [0.4, 0.5) is 14.5 Å². The van der Waals surface area contributed by atoms with Crippen molar-refractivity contribution in [3.8, 4) is 0 Å². The largest absolute Gasteiger partial charge is 0.448 e. The van der Waals surface area contributed by atoms with Gasteiger partial charge in [0, 0.05) is 6.07 Å². The first kappa shape index (κ1) is 17.0. The van der Waals surface area contributed by atoms with Gasteiger partial charge in [-0.2, -0.15) is 0 Å². The van der Waals surface area contributed by atoms with E-state index in [9.17, 15) is 18.4 Å². The lowest BCUT2D eigenvalue weighted by Crippen LogP contribution is -2.30. The minimum absolute atomic E-state index is 0.191. The van der Waals surface area contributed by atoms with Crippen molar-refractivity contribution in [2.75, 3.05) is 5.32 Å². The predicted molar refractivity (Wildman–Crippen MR) is 81.5 cm³/mol. The van der Waals surface area contributed by atoms with Crippen LogP contribution in [0.25, 0.3) is 0 Å². The molecule has 1 N–H and O–H groups in total. The maximum absolute atomic E-state index is 13.5. The smallest absolute Gasteiger partial charge is 0.351 e. The van der Waals surface area contributed by atoms with Crippen LogP contribution in [0.5, 0.6) is 0 Å². The van der Waals surface area contributed by atoms with Crippen molar-refractivity contribution in [3.63, 3.8) is 0 Å². The highest BCUT2D eigenvalue weighted by molar-refractivity contribution is 7.13. The minimum Gasteiger partial charge on any atom is -0.448 e. The van der Waals surface area contributed by atoms with Crippen molar-refractivity contribution in [2.45, 2.75) is 26.9 Å². The summed E-state index contributed by atoms with van der Waals surface area (Å²) < 4.78 is 31.4. The topological polar surface area (TPSA) is 68.3 Å². The van der Waals surface area contributed by atoms with Crippen molar-refractivity contribution in [1.82, 2.24) is 4.98 Å². The van der Waals surface area contributed by atoms with Gasteiger partial charge in [0.1, 0.15) is 16.5 Å². The Hall–Kier alpha value is -2.35. The van der Waals surface area contributed by atoms with E-state index in [0.29, 0.717) is 21.6 Å². The van der Waals surface area contributed by atoms with Crippen LogP contribution >= 0.6 is 11.3 Å². The summed E-state index contributed by atoms with van der Waals surface area (Å²) in [5.41, 5.74) is 0.332. The lowest BCUT2D eigenvalue weighted by atomic mass is 10.2. The molecule has 1 aromatic heterocycles. The third kappa shape index (κ3) is 4.10. The number of ether oxygens (including phenoxy) is 1. The molecule has 0 radical (unpaired) electrons. The Labute approximate surface area is 135 Å². The van der Waals surface area contributed by atoms with Crippen LogP contribution in [0, 0.1) is 25.5 Å². The van der Waals surface area contributed by atoms with Gasteiger partial charge in [0.25, 0.3) is 5.91 Å². The Bertz CT molecular complexity index is 761. The molecule has 0 fully saturated rings. The fourth-order valence-electron chi connectivity index (χ4n) is 1.81. The Morgan fingerprint density at radius 2 is 2.00 bits per heavy atom. The summed E-state index contributed by atoms with van der Waals surface area (Å²) in [7, 11) is 0. The first-order valence-electron chi connectivity index (χ1n) is 6.69. The Balaban J connectivity index is 2.02. The van der Waals surface area contributed by atoms with Gasteiger partial charge in [0.15, 0.2) is 6.10 Å². The van der Waals surface area contributed by atoms with E-state index in [0.717, 1.165) is 12.1 Å². The highest BCUT2D eigenvalue weighted by Crippen LogP contribution is 2.19. The normalized spacial score (nSPS) is 11.9. The third-order valence-corrected chi connectivity index (χ3v) is 3.98. The Morgan fingerprint density at radius 1 is 1.30 bits per heavy atom. The van der Waals surface area contributed by atoms with Gasteiger partial charge in [-0.1, -0.05) is 0 Å². The summed E-state index contributed by atoms with van der Waals surface area (Å²) in [5, 5.41) is 2.95. The molecule has 0 spiro atoms. The van der Waals surface area contributed by atoms with E-state index in [1.165, 1.54) is 18.3 Å². The van der Waals surface area contributed by atoms with Crippen LogP contribution < -0.4 is 5.32 Å². The van der Waals surface area contributed by atoms with Gasteiger partial charge in [-0.15, -0.1) is 11.3 Å². The molecule has 0 unspecified atom stereocenters. The molecule has 23 heavy (non-hydrogen) atoms. The molecule has 122 valence electrons. The van der Waals surface area contributed by atoms with E-state index in [1.54, 1.807) is 13.8 Å². The quantitative estimate of drug-likeness (QED) is 0.868. The molecule has 5 nitrogen and oxygen atoms in total. The van der Waals surface area contributed by atoms with Crippen molar-refractivity contribution < 1.29 is 23.1 Å². The molecule has 1 atom stereocenters. The monoisotopic (exact) mass is 340 g/mol. The Morgan fingerprint density at radius 3 is 2.57 bits per heavy atom. The standard InChI is InChI=1S/C15H14F2N2O3S/c1-7-13(23-9(3)18-7)15(21)22-8(2)14(20)19-12-5-4-10(16)6-11(12)17/h4-6,8H,1-3H3,(H,19,20)/t8-/m0/s1. The summed E-state index contributed by atoms with van der Waals surface area (Å²) in [6.45, 7) is 4.78. The molecule has 2 rings (SSSR count). The molecule has 2 aromatic rings. The van der Waals surface area contributed by atoms with Gasteiger partial charge < -0.3 is 10.1 Å². The summed E-state index contributed by atoms with van der Waals surface area (Å²) in [4.78, 5) is 28.4. The molecule has 0 aliphatic carbocycles. The number of rotatable bonds is 4. The lowest BCUT2D eigenvalue weighted by Gasteiger charge is -2.13. The number of anilines is 1. The van der Waals surface area contributed by atoms with Crippen LogP contribution in [0.1, 0.15) is 27.3 Å². The SMILES string of the molecule is Cc1nc(C)c(C(=O)O[C@@H](C)C(=O)Nc2ccc(F)cc2F)s1. The molecule has 8 heteroatoms. The van der Waals surface area contributed by atoms with Crippen LogP contribution in [-0.4, -0.2) is 23.0 Å². The number of hydrogen-bond donors (Lipinski definition) is 1. The minimum atomic E-state index is -1.14. The van der Waals surface area contributed by atoms with Crippen LogP contribution in [-0.2, 0) is 9.53 Å². The number of esters is 1. The average Bonchev–Trinajstić information content (AvgIpc) is 2.80. The number of halogens is 2. The summed E-state index contributed by atoms with van der Waals surface area (Å²) >= 11 is 1.17. The number of amides is 1. The fraction of sp³-hybridized carbons (Fsp3) is 0.267. The number of nitrogens with one attached hydrogen (secondary N) is 1. The van der Waals surface area contributed by atoms with E-state index in [4.69, 9.17) is 4.74 Å². The Kier molecular flexibility index (Phi) is 5.05. The average molecular weight is 340 g/mol. The number of carbonyl (C=O) groups excluding carboxylic acids is 2. The zero-order valence-electron chi connectivity index (χ0n) is 12.6. The number of benzene rings is 1. The van der Waals surface area contributed by atoms with Crippen molar-refractivity contribution in [2.24, 2.45) is 0 Å². The third-order valence-electron chi connectivity index (χ3n) is 2.93. The molecule has 1 amide bonds. The van der Waals surface area contributed by atoms with E-state index in [-0.39, 0.29) is 5.69 Å². The van der Waals surface area contributed by atoms with E-state index < -0.39 is 29.6 Å². The van der Waals surface area contributed by atoms with Gasteiger partial charge in [0.2, 0.25) is 0 Å². The maximum atomic E-state index is 13.5. The van der Waals surface area contributed by atoms with Gasteiger partial charge in [-0.3, -0.25) is 4.79 Å². The molecule has 0 bridgehead atoms. The molecule has 0 saturated heterocycles. The highest BCUT2D eigenvalue weighted by atomic mass is 32.1. The number of aromatic nitrogens is 1. The molecule has 0 aliphatic rings. The second kappa shape index (κ2) is 6.82. The number of carbonyl (C=O) groups is 2. The number of aryl methyl sites for hydroxylation is 2. The van der Waals surface area contributed by atoms with Crippen molar-refractivity contribution >= 4 is 28.9 Å². The van der Waals surface area contributed by atoms with Crippen LogP contribution in [0.2, 0.25) is 0 Å². The van der Waals surface area contributed by atoms with E-state index >= 15 is 0 Å². The number of hydrogen-bond acceptors (Lipinski definition) is 5. The highest BCUT2D eigenvalue weighted by Gasteiger charge is 2.23. The molecular formula is C15H14F2N2O3S. The molecular weight excluding hydrogens is 326 g/mol. The molecule has 0 aliphatic heterocycles. The predicted octanol–water partition coefficient (Wildman–Crippen LogP) is 3.22. The van der Waals surface area contributed by atoms with E-state index in [1.807, 2.05) is 0 Å². The van der Waals surface area contributed by atoms with Gasteiger partial charge in [-0.25, -0.2) is 18.6 Å². The van der Waals surface area contributed by atoms with Crippen LogP contribution in [0.3, 0.4) is 0 Å². The number of nitrogens with zero attached hydrogens (tertiary/aromatic N) is 1. The molecule has 1 aromatic carbocycles. The lowest BCUT2D eigenvalue weighted by molar-refractivity contribution is -0.123. The first-order chi connectivity index (χ1) is 10.8. The number of thiazole rings is 1. The second-order valence-electron chi connectivity index (χ2n) is 4.81. The summed E-state index contributed by atoms with van der Waals surface area (Å²) in [6, 6.07) is 2.75. The zero-order chi connectivity index (χ0) is 17.1. The van der Waals surface area contributed by atoms with Gasteiger partial charge >= 0.3 is 5.97 Å². The first-order valence-corrected chi connectivity index (χ1v) is 7.50. The van der Waals surface area contributed by atoms with Crippen molar-refractivity contribution in [3.05, 3.63) is 45.4 Å². The fourth-order valence-corrected chi connectivity index (χ4v) is 2.62. The van der Waals surface area contributed by atoms with Crippen LogP contribution in [0.15, 0.2) is 18.2 Å². The second-order valence-corrected chi connectivity index (χ2v) is 6.01. The maximum Gasteiger partial charge on any atom is 0.351 e. The zero-order valence-corrected chi connectivity index (χ0v) is 13.5. The summed E-state index contributed by atoms with van der Waals surface area (Å²) in [5.74, 6) is -3.06. The van der Waals surface area contributed by atoms with Gasteiger partial charge in [0.05, 0.1) is 16.4 Å². The summed E-state index contributed by atoms with van der Waals surface area (Å²) in [6.07, 6.45) is -1.14. The molecule has 1 heterocycles. The molecule has 0 saturated carbocycles. The van der Waals surface area contributed by atoms with Crippen molar-refractivity contribution in [1.29, 1.82) is 0 Å². The van der Waals surface area contributed by atoms with Gasteiger partial charge in [-0.05, 0) is 32.9 Å². The van der Waals surface area contributed by atoms with E-state index in [2.05, 4.69) is 10.3 Å².